The zero-order chi connectivity index (χ0) is 27.0. The molecule has 0 amide bonds. The predicted octanol–water partition coefficient (Wildman–Crippen LogP) is 6.26. The van der Waals surface area contributed by atoms with Crippen molar-refractivity contribution in [2.75, 3.05) is 0 Å². The van der Waals surface area contributed by atoms with Gasteiger partial charge in [-0.3, -0.25) is 4.18 Å². The molecule has 6 nitrogen and oxygen atoms in total. The summed E-state index contributed by atoms with van der Waals surface area (Å²) in [5.41, 5.74) is 1.27. The summed E-state index contributed by atoms with van der Waals surface area (Å²) in [5.74, 6) is 2.42. The van der Waals surface area contributed by atoms with E-state index in [0.717, 1.165) is 18.6 Å². The lowest BCUT2D eigenvalue weighted by Crippen LogP contribution is -2.35. The topological polar surface area (TPSA) is 107 Å². The van der Waals surface area contributed by atoms with Crippen LogP contribution >= 0.6 is 0 Å². The SMILES string of the molecule is CC1CCC(C(C)C)C(OS(=O)(=O)[O-])C1.Oc1ccc([S+](Cc2ccccc2)c2ccc(O)cc2)cc1. The molecule has 0 aromatic heterocycles. The molecule has 200 valence electrons. The third-order valence-corrected chi connectivity index (χ3v) is 9.39. The first-order chi connectivity index (χ1) is 17.5. The van der Waals surface area contributed by atoms with Crippen LogP contribution < -0.4 is 0 Å². The van der Waals surface area contributed by atoms with Gasteiger partial charge in [-0.25, -0.2) is 8.42 Å². The number of rotatable bonds is 7. The zero-order valence-corrected chi connectivity index (χ0v) is 23.1. The van der Waals surface area contributed by atoms with E-state index in [0.29, 0.717) is 18.3 Å². The summed E-state index contributed by atoms with van der Waals surface area (Å²) in [4.78, 5) is 2.35. The van der Waals surface area contributed by atoms with Gasteiger partial charge >= 0.3 is 0 Å². The molecule has 3 aromatic carbocycles. The maximum Gasteiger partial charge on any atom is 0.217 e. The normalized spacial score (nSPS) is 19.9. The molecule has 0 spiro atoms. The van der Waals surface area contributed by atoms with Crippen LogP contribution in [-0.2, 0) is 31.2 Å². The Morgan fingerprint density at radius 3 is 1.86 bits per heavy atom. The summed E-state index contributed by atoms with van der Waals surface area (Å²) in [5, 5.41) is 19.0. The lowest BCUT2D eigenvalue weighted by molar-refractivity contribution is 0.0411. The van der Waals surface area contributed by atoms with Crippen molar-refractivity contribution < 1.29 is 27.4 Å². The first-order valence-corrected chi connectivity index (χ1v) is 15.2. The first kappa shape index (κ1) is 29.0. The van der Waals surface area contributed by atoms with E-state index in [1.54, 1.807) is 24.3 Å². The van der Waals surface area contributed by atoms with Crippen LogP contribution in [0.5, 0.6) is 11.5 Å². The fraction of sp³-hybridized carbons (Fsp3) is 0.379. The number of benzene rings is 3. The molecular weight excluding hydrogens is 508 g/mol. The van der Waals surface area contributed by atoms with Crippen molar-refractivity contribution in [1.29, 1.82) is 0 Å². The van der Waals surface area contributed by atoms with E-state index in [4.69, 9.17) is 0 Å². The number of aromatic hydroxyl groups is 2. The van der Waals surface area contributed by atoms with Crippen LogP contribution in [0.1, 0.15) is 45.6 Å². The van der Waals surface area contributed by atoms with Crippen LogP contribution in [0.4, 0.5) is 0 Å². The number of hydrogen-bond acceptors (Lipinski definition) is 6. The van der Waals surface area contributed by atoms with Crippen molar-refractivity contribution in [3.05, 3.63) is 84.4 Å². The average Bonchev–Trinajstić information content (AvgIpc) is 2.84. The molecule has 8 heteroatoms. The lowest BCUT2D eigenvalue weighted by Gasteiger charge is -2.37. The van der Waals surface area contributed by atoms with Gasteiger partial charge in [0.2, 0.25) is 10.4 Å². The van der Waals surface area contributed by atoms with Crippen molar-refractivity contribution in [3.8, 4) is 11.5 Å². The Balaban J connectivity index is 0.000000222. The van der Waals surface area contributed by atoms with Crippen LogP contribution in [0.3, 0.4) is 0 Å². The van der Waals surface area contributed by atoms with Gasteiger partial charge in [0, 0.05) is 5.56 Å². The molecular formula is C29H36O6S2. The quantitative estimate of drug-likeness (QED) is 0.207. The highest BCUT2D eigenvalue weighted by Gasteiger charge is 2.32. The average molecular weight is 545 g/mol. The molecule has 0 aliphatic heterocycles. The zero-order valence-electron chi connectivity index (χ0n) is 21.5. The van der Waals surface area contributed by atoms with Gasteiger partial charge in [-0.15, -0.1) is 0 Å². The van der Waals surface area contributed by atoms with Gasteiger partial charge in [-0.05, 0) is 79.1 Å². The second-order valence-electron chi connectivity index (χ2n) is 9.88. The molecule has 0 radical (unpaired) electrons. The summed E-state index contributed by atoms with van der Waals surface area (Å²) in [6, 6.07) is 25.1. The first-order valence-electron chi connectivity index (χ1n) is 12.5. The summed E-state index contributed by atoms with van der Waals surface area (Å²) in [6.07, 6.45) is 2.28. The standard InChI is InChI=1S/C19H16O2S.C10H20O4S/c20-16-6-10-18(11-7-16)22(14-15-4-2-1-3-5-15)19-12-8-17(21)9-13-19;1-7(2)9-5-4-8(3)6-10(9)14-15(11,12)13/h1-13H,14H2,(H-,20,21);7-10H,4-6H2,1-3H3,(H,11,12,13). The summed E-state index contributed by atoms with van der Waals surface area (Å²) in [7, 11) is -4.70. The van der Waals surface area contributed by atoms with Crippen LogP contribution in [0.2, 0.25) is 0 Å². The van der Waals surface area contributed by atoms with Crippen LogP contribution in [-0.4, -0.2) is 29.3 Å². The second kappa shape index (κ2) is 13.3. The van der Waals surface area contributed by atoms with Gasteiger partial charge in [0.1, 0.15) is 17.3 Å². The van der Waals surface area contributed by atoms with Crippen molar-refractivity contribution in [2.24, 2.45) is 17.8 Å². The Bertz CT molecular complexity index is 1150. The largest absolute Gasteiger partial charge is 0.726 e. The highest BCUT2D eigenvalue weighted by molar-refractivity contribution is 7.96. The summed E-state index contributed by atoms with van der Waals surface area (Å²) < 4.78 is 36.4. The predicted molar refractivity (Wildman–Crippen MR) is 146 cm³/mol. The van der Waals surface area contributed by atoms with Gasteiger partial charge in [-0.1, -0.05) is 57.5 Å². The maximum atomic E-state index is 10.6. The molecule has 3 aromatic rings. The third-order valence-electron chi connectivity index (χ3n) is 6.60. The lowest BCUT2D eigenvalue weighted by atomic mass is 9.75. The van der Waals surface area contributed by atoms with E-state index < -0.39 is 16.5 Å². The molecule has 3 unspecified atom stereocenters. The van der Waals surface area contributed by atoms with Crippen molar-refractivity contribution in [3.63, 3.8) is 0 Å². The van der Waals surface area contributed by atoms with Crippen LogP contribution in [0.25, 0.3) is 0 Å². The Hall–Kier alpha value is -2.52. The molecule has 2 N–H and O–H groups in total. The minimum atomic E-state index is -4.56. The van der Waals surface area contributed by atoms with Gasteiger partial charge in [0.05, 0.1) is 17.0 Å². The van der Waals surface area contributed by atoms with Gasteiger partial charge in [0.15, 0.2) is 9.79 Å². The summed E-state index contributed by atoms with van der Waals surface area (Å²) in [6.45, 7) is 6.13. The Morgan fingerprint density at radius 2 is 1.41 bits per heavy atom. The maximum absolute atomic E-state index is 10.6. The molecule has 4 rings (SSSR count). The molecule has 3 atom stereocenters. The van der Waals surface area contributed by atoms with E-state index in [2.05, 4.69) is 23.2 Å². The second-order valence-corrected chi connectivity index (χ2v) is 12.9. The number of phenols is 2. The van der Waals surface area contributed by atoms with Crippen molar-refractivity contribution in [2.45, 2.75) is 61.7 Å². The van der Waals surface area contributed by atoms with E-state index >= 15 is 0 Å². The highest BCUT2D eigenvalue weighted by Crippen LogP contribution is 2.36. The number of hydrogen-bond donors (Lipinski definition) is 2. The third kappa shape index (κ3) is 9.38. The van der Waals surface area contributed by atoms with Gasteiger partial charge in [-0.2, -0.15) is 0 Å². The summed E-state index contributed by atoms with van der Waals surface area (Å²) >= 11 is 0. The Kier molecular flexibility index (Phi) is 10.5. The van der Waals surface area contributed by atoms with E-state index in [9.17, 15) is 23.2 Å². The minimum Gasteiger partial charge on any atom is -0.726 e. The van der Waals surface area contributed by atoms with Gasteiger partial charge < -0.3 is 14.8 Å². The smallest absolute Gasteiger partial charge is 0.217 e. The van der Waals surface area contributed by atoms with Crippen LogP contribution in [0, 0.1) is 17.8 Å². The van der Waals surface area contributed by atoms with E-state index in [1.165, 1.54) is 15.4 Å². The van der Waals surface area contributed by atoms with Crippen molar-refractivity contribution in [1.82, 2.24) is 0 Å². The fourth-order valence-corrected chi connectivity index (χ4v) is 7.23. The molecule has 1 aliphatic carbocycles. The molecule has 1 saturated carbocycles. The number of phenolic OH excluding ortho intramolecular Hbond substituents is 2. The molecule has 0 saturated heterocycles. The Labute approximate surface area is 223 Å². The molecule has 0 heterocycles. The molecule has 37 heavy (non-hydrogen) atoms. The molecule has 0 bridgehead atoms. The van der Waals surface area contributed by atoms with Crippen LogP contribution in [0.15, 0.2) is 88.7 Å². The molecule has 1 fully saturated rings. The highest BCUT2D eigenvalue weighted by atomic mass is 32.3. The minimum absolute atomic E-state index is 0.141. The van der Waals surface area contributed by atoms with Gasteiger partial charge in [0.25, 0.3) is 0 Å². The fourth-order valence-electron chi connectivity index (χ4n) is 4.64. The van der Waals surface area contributed by atoms with E-state index in [-0.39, 0.29) is 28.3 Å². The monoisotopic (exact) mass is 544 g/mol. The molecule has 1 aliphatic rings. The Morgan fingerprint density at radius 1 is 0.892 bits per heavy atom. The van der Waals surface area contributed by atoms with E-state index in [1.807, 2.05) is 56.3 Å². The van der Waals surface area contributed by atoms with Crippen molar-refractivity contribution >= 4 is 21.3 Å².